The second kappa shape index (κ2) is 11.5. The fourth-order valence-corrected chi connectivity index (χ4v) is 6.41. The Morgan fingerprint density at radius 3 is 2.63 bits per heavy atom. The van der Waals surface area contributed by atoms with E-state index in [1.165, 1.54) is 6.42 Å². The van der Waals surface area contributed by atoms with Crippen LogP contribution in [-0.4, -0.2) is 62.8 Å². The van der Waals surface area contributed by atoms with Crippen LogP contribution in [-0.2, 0) is 23.2 Å². The molecule has 1 saturated carbocycles. The van der Waals surface area contributed by atoms with Gasteiger partial charge in [0.05, 0.1) is 11.7 Å². The van der Waals surface area contributed by atoms with E-state index in [0.717, 1.165) is 67.2 Å². The molecule has 3 atom stereocenters. The number of aromatic nitrogens is 3. The van der Waals surface area contributed by atoms with Gasteiger partial charge in [0, 0.05) is 60.1 Å². The van der Waals surface area contributed by atoms with Gasteiger partial charge >= 0.3 is 0 Å². The minimum atomic E-state index is -0.468. The van der Waals surface area contributed by atoms with E-state index in [2.05, 4.69) is 32.6 Å². The Morgan fingerprint density at radius 2 is 1.92 bits per heavy atom. The van der Waals surface area contributed by atoms with E-state index in [4.69, 9.17) is 11.6 Å². The summed E-state index contributed by atoms with van der Waals surface area (Å²) < 4.78 is 4.12. The van der Waals surface area contributed by atoms with E-state index < -0.39 is 6.04 Å². The number of nitrogens with one attached hydrogen (secondary N) is 2. The van der Waals surface area contributed by atoms with Gasteiger partial charge in [0.15, 0.2) is 0 Å². The van der Waals surface area contributed by atoms with Gasteiger partial charge in [-0.1, -0.05) is 30.9 Å². The molecular weight excluding hydrogens is 500 g/mol. The quantitative estimate of drug-likeness (QED) is 0.446. The number of fused-ring (bicyclic) bond motifs is 1. The van der Waals surface area contributed by atoms with Crippen LogP contribution in [0, 0.1) is 5.92 Å². The third-order valence-corrected chi connectivity index (χ3v) is 8.75. The van der Waals surface area contributed by atoms with Crippen LogP contribution in [0.15, 0.2) is 36.7 Å². The Bertz CT molecular complexity index is 1290. The lowest BCUT2D eigenvalue weighted by Crippen LogP contribution is -2.56. The molecule has 1 aromatic carbocycles. The highest BCUT2D eigenvalue weighted by Crippen LogP contribution is 2.34. The van der Waals surface area contributed by atoms with E-state index in [-0.39, 0.29) is 29.8 Å². The maximum absolute atomic E-state index is 14.1. The van der Waals surface area contributed by atoms with Crippen LogP contribution in [0.3, 0.4) is 0 Å². The topological polar surface area (TPSA) is 84.2 Å². The Morgan fingerprint density at radius 1 is 1.13 bits per heavy atom. The van der Waals surface area contributed by atoms with E-state index in [9.17, 15) is 9.59 Å². The molecule has 0 spiro atoms. The van der Waals surface area contributed by atoms with Gasteiger partial charge < -0.3 is 20.1 Å². The second-order valence-corrected chi connectivity index (χ2v) is 11.4. The minimum Gasteiger partial charge on any atom is -0.345 e. The number of likely N-dealkylation sites (tertiary alicyclic amines) is 1. The molecule has 1 aliphatic carbocycles. The normalized spacial score (nSPS) is 20.1. The van der Waals surface area contributed by atoms with Gasteiger partial charge in [-0.3, -0.25) is 14.3 Å². The number of benzene rings is 1. The molecule has 0 radical (unpaired) electrons. The summed E-state index contributed by atoms with van der Waals surface area (Å²) in [4.78, 5) is 29.0. The highest BCUT2D eigenvalue weighted by molar-refractivity contribution is 6.31. The summed E-state index contributed by atoms with van der Waals surface area (Å²) in [6, 6.07) is 7.25. The van der Waals surface area contributed by atoms with Gasteiger partial charge in [-0.2, -0.15) is 5.10 Å². The number of rotatable bonds is 8. The van der Waals surface area contributed by atoms with E-state index in [1.54, 1.807) is 13.2 Å². The Kier molecular flexibility index (Phi) is 8.09. The molecule has 5 rings (SSSR count). The maximum atomic E-state index is 14.1. The molecule has 38 heavy (non-hydrogen) atoms. The fourth-order valence-electron chi connectivity index (χ4n) is 6.24. The van der Waals surface area contributed by atoms with Crippen LogP contribution in [0.5, 0.6) is 0 Å². The van der Waals surface area contributed by atoms with E-state index in [1.807, 2.05) is 41.8 Å². The predicted octanol–water partition coefficient (Wildman–Crippen LogP) is 4.36. The number of carbonyl (C=O) groups is 2. The zero-order chi connectivity index (χ0) is 26.8. The number of nitrogens with zero attached hydrogens (tertiary/aromatic N) is 4. The summed E-state index contributed by atoms with van der Waals surface area (Å²) in [5.74, 6) is 0.153. The second-order valence-electron chi connectivity index (χ2n) is 10.9. The molecule has 0 bridgehead atoms. The number of hydrogen-bond acceptors (Lipinski definition) is 4. The van der Waals surface area contributed by atoms with Crippen molar-refractivity contribution in [3.05, 3.63) is 41.7 Å². The SMILES string of the molecule is CNC(C)C(=O)NC(C(=O)N1CCCC1Cn1cc(-c2ccnn2C)c2cc(Cl)ccc21)C1CCCCC1. The Hall–Kier alpha value is -2.84. The highest BCUT2D eigenvalue weighted by atomic mass is 35.5. The van der Waals surface area contributed by atoms with Gasteiger partial charge in [0.2, 0.25) is 11.8 Å². The molecule has 2 amide bonds. The first kappa shape index (κ1) is 26.8. The zero-order valence-corrected chi connectivity index (χ0v) is 23.4. The monoisotopic (exact) mass is 538 g/mol. The molecule has 204 valence electrons. The summed E-state index contributed by atoms with van der Waals surface area (Å²) in [6.45, 7) is 3.25. The molecule has 2 fully saturated rings. The molecule has 1 aliphatic heterocycles. The number of likely N-dealkylation sites (N-methyl/N-ethyl adjacent to an activating group) is 1. The number of aryl methyl sites for hydroxylation is 1. The van der Waals surface area contributed by atoms with Crippen LogP contribution in [0.1, 0.15) is 51.9 Å². The first-order valence-electron chi connectivity index (χ1n) is 13.9. The van der Waals surface area contributed by atoms with Crippen molar-refractivity contribution in [2.75, 3.05) is 13.6 Å². The van der Waals surface area contributed by atoms with Crippen molar-refractivity contribution in [1.29, 1.82) is 0 Å². The van der Waals surface area contributed by atoms with Gasteiger partial charge in [0.25, 0.3) is 0 Å². The van der Waals surface area contributed by atoms with Crippen molar-refractivity contribution in [2.45, 2.75) is 76.5 Å². The average molecular weight is 539 g/mol. The molecule has 3 heterocycles. The Balaban J connectivity index is 1.42. The molecule has 2 N–H and O–H groups in total. The number of carbonyl (C=O) groups excluding carboxylic acids is 2. The third-order valence-electron chi connectivity index (χ3n) is 8.52. The minimum absolute atomic E-state index is 0.0675. The molecule has 8 nitrogen and oxygen atoms in total. The fraction of sp³-hybridized carbons (Fsp3) is 0.552. The van der Waals surface area contributed by atoms with Crippen LogP contribution < -0.4 is 10.6 Å². The van der Waals surface area contributed by atoms with Crippen molar-refractivity contribution in [1.82, 2.24) is 29.9 Å². The van der Waals surface area contributed by atoms with E-state index >= 15 is 0 Å². The molecule has 3 aromatic rings. The van der Waals surface area contributed by atoms with Crippen molar-refractivity contribution >= 4 is 34.3 Å². The van der Waals surface area contributed by atoms with Gasteiger partial charge in [-0.15, -0.1) is 0 Å². The van der Waals surface area contributed by atoms with Gasteiger partial charge in [0.1, 0.15) is 6.04 Å². The van der Waals surface area contributed by atoms with E-state index in [0.29, 0.717) is 11.6 Å². The summed E-state index contributed by atoms with van der Waals surface area (Å²) in [6.07, 6.45) is 11.3. The largest absolute Gasteiger partial charge is 0.345 e. The molecule has 3 unspecified atom stereocenters. The number of amides is 2. The highest BCUT2D eigenvalue weighted by Gasteiger charge is 2.38. The van der Waals surface area contributed by atoms with Crippen LogP contribution in [0.2, 0.25) is 5.02 Å². The molecule has 9 heteroatoms. The molecular formula is C29H39ClN6O2. The van der Waals surface area contributed by atoms with Crippen LogP contribution >= 0.6 is 11.6 Å². The Labute approximate surface area is 229 Å². The third kappa shape index (κ3) is 5.34. The molecule has 1 saturated heterocycles. The first-order valence-corrected chi connectivity index (χ1v) is 14.3. The first-order chi connectivity index (χ1) is 18.4. The summed E-state index contributed by atoms with van der Waals surface area (Å²) in [5, 5.41) is 12.3. The predicted molar refractivity (Wildman–Crippen MR) is 151 cm³/mol. The zero-order valence-electron chi connectivity index (χ0n) is 22.6. The standard InChI is InChI=1S/C29H39ClN6O2/c1-19(31-2)28(37)33-27(20-8-5-4-6-9-20)29(38)36-15-7-10-22(36)17-35-18-24(25-13-14-32-34(25)3)23-16-21(30)11-12-26(23)35/h11-14,16,18-20,22,27,31H,4-10,15,17H2,1-3H3,(H,33,37). The van der Waals surface area contributed by atoms with Crippen LogP contribution in [0.4, 0.5) is 0 Å². The molecule has 2 aliphatic rings. The van der Waals surface area contributed by atoms with Crippen molar-refractivity contribution < 1.29 is 9.59 Å². The average Bonchev–Trinajstić information content (AvgIpc) is 3.65. The van der Waals surface area contributed by atoms with Crippen LogP contribution in [0.25, 0.3) is 22.2 Å². The maximum Gasteiger partial charge on any atom is 0.245 e. The summed E-state index contributed by atoms with van der Waals surface area (Å²) in [5.41, 5.74) is 3.19. The smallest absolute Gasteiger partial charge is 0.245 e. The number of halogens is 1. The lowest BCUT2D eigenvalue weighted by Gasteiger charge is -2.35. The number of hydrogen-bond donors (Lipinski definition) is 2. The lowest BCUT2D eigenvalue weighted by atomic mass is 9.83. The van der Waals surface area contributed by atoms with Crippen molar-refractivity contribution in [3.63, 3.8) is 0 Å². The molecule has 2 aromatic heterocycles. The van der Waals surface area contributed by atoms with Crippen molar-refractivity contribution in [2.24, 2.45) is 13.0 Å². The summed E-state index contributed by atoms with van der Waals surface area (Å²) >= 11 is 6.40. The van der Waals surface area contributed by atoms with Gasteiger partial charge in [-0.05, 0) is 69.8 Å². The van der Waals surface area contributed by atoms with Gasteiger partial charge in [-0.25, -0.2) is 0 Å². The summed E-state index contributed by atoms with van der Waals surface area (Å²) in [7, 11) is 3.71. The van der Waals surface area contributed by atoms with Crippen molar-refractivity contribution in [3.8, 4) is 11.3 Å². The lowest BCUT2D eigenvalue weighted by molar-refractivity contribution is -0.139.